The first kappa shape index (κ1) is 31.5. The molecule has 0 aliphatic heterocycles. The molecule has 0 aliphatic carbocycles. The predicted molar refractivity (Wildman–Crippen MR) is 149 cm³/mol. The van der Waals surface area contributed by atoms with Gasteiger partial charge in [0.1, 0.15) is 17.7 Å². The number of nitrogens with two attached hydrogens (primary N) is 1. The summed E-state index contributed by atoms with van der Waals surface area (Å²) < 4.78 is 24.9. The Balaban J connectivity index is 1.98. The number of nitrogens with zero attached hydrogens (tertiary/aromatic N) is 1. The fourth-order valence-corrected chi connectivity index (χ4v) is 4.47. The summed E-state index contributed by atoms with van der Waals surface area (Å²) in [6.07, 6.45) is 2.21. The number of halogens is 2. The van der Waals surface area contributed by atoms with E-state index in [0.717, 1.165) is 37.2 Å². The van der Waals surface area contributed by atoms with Crippen LogP contribution in [-0.2, 0) is 27.3 Å². The van der Waals surface area contributed by atoms with Gasteiger partial charge in [-0.25, -0.2) is 4.39 Å². The molecule has 0 saturated heterocycles. The molecule has 0 heterocycles. The van der Waals surface area contributed by atoms with Crippen LogP contribution in [0.3, 0.4) is 0 Å². The number of hydrogen-bond donors (Lipinski definition) is 2. The van der Waals surface area contributed by atoms with Crippen molar-refractivity contribution in [2.75, 3.05) is 26.7 Å². The topological polar surface area (TPSA) is 93.9 Å². The number of carbonyl (C=O) groups excluding carboxylic acids is 2. The highest BCUT2D eigenvalue weighted by Crippen LogP contribution is 2.17. The van der Waals surface area contributed by atoms with Crippen molar-refractivity contribution >= 4 is 23.5 Å². The summed E-state index contributed by atoms with van der Waals surface area (Å²) in [4.78, 5) is 27.1. The van der Waals surface area contributed by atoms with Gasteiger partial charge in [-0.15, -0.1) is 0 Å². The van der Waals surface area contributed by atoms with E-state index >= 15 is 0 Å². The zero-order valence-corrected chi connectivity index (χ0v) is 23.4. The van der Waals surface area contributed by atoms with Crippen molar-refractivity contribution in [3.63, 3.8) is 0 Å². The van der Waals surface area contributed by atoms with Crippen molar-refractivity contribution in [3.8, 4) is 5.75 Å². The zero-order valence-electron chi connectivity index (χ0n) is 22.7. The first-order valence-corrected chi connectivity index (χ1v) is 13.6. The predicted octanol–water partition coefficient (Wildman–Crippen LogP) is 4.88. The van der Waals surface area contributed by atoms with Crippen LogP contribution in [0, 0.1) is 5.82 Å². The molecule has 0 unspecified atom stereocenters. The highest BCUT2D eigenvalue weighted by molar-refractivity contribution is 6.30. The lowest BCUT2D eigenvalue weighted by atomic mass is 10.0. The van der Waals surface area contributed by atoms with Gasteiger partial charge in [-0.1, -0.05) is 37.6 Å². The van der Waals surface area contributed by atoms with E-state index in [9.17, 15) is 14.0 Å². The van der Waals surface area contributed by atoms with Crippen LogP contribution in [0.5, 0.6) is 5.75 Å². The van der Waals surface area contributed by atoms with Crippen LogP contribution in [0.4, 0.5) is 4.39 Å². The molecule has 0 aliphatic rings. The van der Waals surface area contributed by atoms with Crippen LogP contribution in [-0.4, -0.2) is 55.7 Å². The zero-order chi connectivity index (χ0) is 27.9. The third-order valence-corrected chi connectivity index (χ3v) is 6.29. The van der Waals surface area contributed by atoms with Crippen LogP contribution in [0.2, 0.25) is 5.02 Å². The fourth-order valence-electron chi connectivity index (χ4n) is 4.22. The molecule has 3 N–H and O–H groups in total. The number of ether oxygens (including phenoxy) is 2. The van der Waals surface area contributed by atoms with Crippen LogP contribution >= 0.6 is 11.6 Å². The molecular formula is C29H41ClFN3O4. The van der Waals surface area contributed by atoms with Gasteiger partial charge in [0, 0.05) is 50.1 Å². The Morgan fingerprint density at radius 1 is 1.08 bits per heavy atom. The monoisotopic (exact) mass is 549 g/mol. The number of hydrogen-bond acceptors (Lipinski definition) is 6. The van der Waals surface area contributed by atoms with Crippen molar-refractivity contribution < 1.29 is 23.5 Å². The lowest BCUT2D eigenvalue weighted by molar-refractivity contribution is -0.150. The van der Waals surface area contributed by atoms with Gasteiger partial charge in [0.2, 0.25) is 5.91 Å². The third kappa shape index (κ3) is 11.4. The second kappa shape index (κ2) is 17.0. The molecule has 210 valence electrons. The maximum atomic E-state index is 13.8. The smallest absolute Gasteiger partial charge is 0.306 e. The average Bonchev–Trinajstić information content (AvgIpc) is 2.87. The Hall–Kier alpha value is -2.68. The molecule has 1 amide bonds. The molecule has 0 spiro atoms. The van der Waals surface area contributed by atoms with E-state index in [1.807, 2.05) is 43.0 Å². The van der Waals surface area contributed by atoms with E-state index in [-0.39, 0.29) is 23.8 Å². The minimum absolute atomic E-state index is 0.0534. The Kier molecular flexibility index (Phi) is 14.1. The Bertz CT molecular complexity index is 997. The first-order chi connectivity index (χ1) is 18.2. The van der Waals surface area contributed by atoms with Gasteiger partial charge >= 0.3 is 5.97 Å². The van der Waals surface area contributed by atoms with Gasteiger partial charge in [-0.2, -0.15) is 0 Å². The van der Waals surface area contributed by atoms with Gasteiger partial charge < -0.3 is 25.4 Å². The second-order valence-electron chi connectivity index (χ2n) is 9.39. The van der Waals surface area contributed by atoms with E-state index in [0.29, 0.717) is 31.5 Å². The van der Waals surface area contributed by atoms with E-state index in [1.165, 1.54) is 12.1 Å². The van der Waals surface area contributed by atoms with Gasteiger partial charge in [0.05, 0.1) is 7.11 Å². The lowest BCUT2D eigenvalue weighted by Crippen LogP contribution is -2.46. The summed E-state index contributed by atoms with van der Waals surface area (Å²) in [6, 6.07) is 11.3. The minimum atomic E-state index is -0.664. The number of amides is 1. The SMILES string of the molecule is CCCN(CCC)C(=O)CCCC(=O)O[C@H](CNCc1cccc(OC)c1)[C@@H](N)Cc1cc(F)cc(Cl)c1. The van der Waals surface area contributed by atoms with E-state index in [4.69, 9.17) is 26.8 Å². The number of esters is 1. The average molecular weight is 550 g/mol. The fraction of sp³-hybridized carbons (Fsp3) is 0.517. The summed E-state index contributed by atoms with van der Waals surface area (Å²) in [5.41, 5.74) is 8.06. The maximum absolute atomic E-state index is 13.8. The highest BCUT2D eigenvalue weighted by Gasteiger charge is 2.23. The third-order valence-electron chi connectivity index (χ3n) is 6.07. The van der Waals surface area contributed by atoms with Gasteiger partial charge in [-0.3, -0.25) is 9.59 Å². The molecule has 0 fully saturated rings. The van der Waals surface area contributed by atoms with Gasteiger partial charge in [-0.05, 0) is 67.1 Å². The number of methoxy groups -OCH3 is 1. The number of rotatable bonds is 17. The molecule has 38 heavy (non-hydrogen) atoms. The summed E-state index contributed by atoms with van der Waals surface area (Å²) in [6.45, 7) is 6.33. The molecule has 2 atom stereocenters. The molecule has 2 rings (SSSR count). The molecule has 0 radical (unpaired) electrons. The van der Waals surface area contributed by atoms with E-state index in [1.54, 1.807) is 13.2 Å². The summed E-state index contributed by atoms with van der Waals surface area (Å²) >= 11 is 6.00. The molecule has 0 bridgehead atoms. The quantitative estimate of drug-likeness (QED) is 0.273. The molecule has 2 aromatic carbocycles. The van der Waals surface area contributed by atoms with Crippen molar-refractivity contribution in [3.05, 3.63) is 64.4 Å². The summed E-state index contributed by atoms with van der Waals surface area (Å²) in [7, 11) is 1.61. The van der Waals surface area contributed by atoms with Crippen molar-refractivity contribution in [2.45, 2.75) is 71.1 Å². The van der Waals surface area contributed by atoms with Gasteiger partial charge in [0.15, 0.2) is 0 Å². The molecule has 7 nitrogen and oxygen atoms in total. The molecule has 9 heteroatoms. The van der Waals surface area contributed by atoms with Crippen LogP contribution in [0.25, 0.3) is 0 Å². The van der Waals surface area contributed by atoms with E-state index < -0.39 is 23.9 Å². The molecule has 2 aromatic rings. The minimum Gasteiger partial charge on any atom is -0.497 e. The Morgan fingerprint density at radius 2 is 1.82 bits per heavy atom. The first-order valence-electron chi connectivity index (χ1n) is 13.3. The number of carbonyl (C=O) groups is 2. The van der Waals surface area contributed by atoms with Crippen molar-refractivity contribution in [2.24, 2.45) is 5.73 Å². The van der Waals surface area contributed by atoms with Gasteiger partial charge in [0.25, 0.3) is 0 Å². The van der Waals surface area contributed by atoms with Crippen LogP contribution < -0.4 is 15.8 Å². The molecular weight excluding hydrogens is 509 g/mol. The number of nitrogens with one attached hydrogen (secondary N) is 1. The summed E-state index contributed by atoms with van der Waals surface area (Å²) in [5, 5.41) is 3.57. The summed E-state index contributed by atoms with van der Waals surface area (Å²) in [5.74, 6) is -0.0684. The molecule has 0 aromatic heterocycles. The lowest BCUT2D eigenvalue weighted by Gasteiger charge is -2.25. The number of benzene rings is 2. The van der Waals surface area contributed by atoms with E-state index in [2.05, 4.69) is 5.32 Å². The largest absolute Gasteiger partial charge is 0.497 e. The highest BCUT2D eigenvalue weighted by atomic mass is 35.5. The molecule has 0 saturated carbocycles. The Labute approximate surface area is 230 Å². The van der Waals surface area contributed by atoms with Crippen molar-refractivity contribution in [1.29, 1.82) is 0 Å². The second-order valence-corrected chi connectivity index (χ2v) is 9.83. The van der Waals surface area contributed by atoms with Crippen molar-refractivity contribution in [1.82, 2.24) is 10.2 Å². The Morgan fingerprint density at radius 3 is 2.47 bits per heavy atom. The standard InChI is InChI=1S/C29H41ClFN3O4/c1-4-12-34(13-5-2)28(35)10-7-11-29(36)38-27(20-33-19-21-8-6-9-25(16-21)37-3)26(32)17-22-14-23(30)18-24(31)15-22/h6,8-9,14-16,18,26-27,33H,4-5,7,10-13,17,19-20,32H2,1-3H3/t26-,27+/m0/s1. The maximum Gasteiger partial charge on any atom is 0.306 e. The van der Waals surface area contributed by atoms with Crippen LogP contribution in [0.1, 0.15) is 57.1 Å². The normalized spacial score (nSPS) is 12.6. The van der Waals surface area contributed by atoms with Crippen LogP contribution in [0.15, 0.2) is 42.5 Å².